The van der Waals surface area contributed by atoms with E-state index in [2.05, 4.69) is 17.5 Å². The summed E-state index contributed by atoms with van der Waals surface area (Å²) in [6.45, 7) is 5.90. The molecule has 5 heteroatoms. The Kier molecular flexibility index (Phi) is 4.40. The average Bonchev–Trinajstić information content (AvgIpc) is 2.24. The molecule has 1 atom stereocenters. The number of benzene rings is 1. The first-order valence-corrected chi connectivity index (χ1v) is 5.79. The molecular formula is C12H16F2N2S. The van der Waals surface area contributed by atoms with Crippen LogP contribution in [0.15, 0.2) is 12.1 Å². The van der Waals surface area contributed by atoms with Gasteiger partial charge in [-0.1, -0.05) is 26.1 Å². The smallest absolute Gasteiger partial charge is 0.182 e. The van der Waals surface area contributed by atoms with E-state index in [1.54, 1.807) is 0 Å². The lowest BCUT2D eigenvalue weighted by atomic mass is 10.1. The first-order chi connectivity index (χ1) is 7.84. The number of nitrogens with two attached hydrogens (primary N) is 1. The Hall–Kier alpha value is -1.23. The molecule has 0 heterocycles. The van der Waals surface area contributed by atoms with Crippen LogP contribution in [0.25, 0.3) is 0 Å². The largest absolute Gasteiger partial charge is 0.389 e. The van der Waals surface area contributed by atoms with Crippen LogP contribution in [-0.2, 0) is 0 Å². The van der Waals surface area contributed by atoms with Crippen LogP contribution in [0.2, 0.25) is 0 Å². The number of halogens is 2. The molecule has 0 fully saturated rings. The van der Waals surface area contributed by atoms with Gasteiger partial charge in [-0.2, -0.15) is 0 Å². The molecule has 1 unspecified atom stereocenters. The van der Waals surface area contributed by atoms with E-state index < -0.39 is 11.6 Å². The Morgan fingerprint density at radius 3 is 2.29 bits per heavy atom. The van der Waals surface area contributed by atoms with Gasteiger partial charge in [-0.25, -0.2) is 8.78 Å². The van der Waals surface area contributed by atoms with Crippen LogP contribution in [0.5, 0.6) is 0 Å². The molecule has 3 N–H and O–H groups in total. The Balaban J connectivity index is 3.05. The molecule has 0 radical (unpaired) electrons. The summed E-state index contributed by atoms with van der Waals surface area (Å²) >= 11 is 4.63. The molecule has 0 saturated carbocycles. The standard InChI is InChI=1S/C12H16F2N2S/c1-6(2)7(3)16-9-5-4-8(12(15)17)10(13)11(9)14/h4-7,16H,1-3H3,(H2,15,17). The summed E-state index contributed by atoms with van der Waals surface area (Å²) in [5, 5.41) is 2.92. The zero-order valence-electron chi connectivity index (χ0n) is 10.1. The third-order valence-corrected chi connectivity index (χ3v) is 2.95. The molecular weight excluding hydrogens is 242 g/mol. The Labute approximate surface area is 105 Å². The van der Waals surface area contributed by atoms with Gasteiger partial charge in [0, 0.05) is 11.6 Å². The van der Waals surface area contributed by atoms with Crippen molar-refractivity contribution < 1.29 is 8.78 Å². The van der Waals surface area contributed by atoms with E-state index >= 15 is 0 Å². The molecule has 1 rings (SSSR count). The minimum absolute atomic E-state index is 0.0413. The normalized spacial score (nSPS) is 12.6. The topological polar surface area (TPSA) is 38.0 Å². The van der Waals surface area contributed by atoms with Gasteiger partial charge in [0.25, 0.3) is 0 Å². The number of thiocarbonyl (C=S) groups is 1. The first-order valence-electron chi connectivity index (χ1n) is 5.39. The summed E-state index contributed by atoms with van der Waals surface area (Å²) in [5.74, 6) is -1.63. The van der Waals surface area contributed by atoms with E-state index in [4.69, 9.17) is 5.73 Å². The van der Waals surface area contributed by atoms with Crippen molar-refractivity contribution in [3.63, 3.8) is 0 Å². The minimum Gasteiger partial charge on any atom is -0.389 e. The van der Waals surface area contributed by atoms with Crippen molar-refractivity contribution in [3.05, 3.63) is 29.3 Å². The zero-order valence-corrected chi connectivity index (χ0v) is 10.9. The van der Waals surface area contributed by atoms with E-state index in [0.717, 1.165) is 0 Å². The molecule has 0 amide bonds. The number of nitrogens with one attached hydrogen (secondary N) is 1. The molecule has 0 spiro atoms. The van der Waals surface area contributed by atoms with E-state index in [9.17, 15) is 8.78 Å². The summed E-state index contributed by atoms with van der Waals surface area (Å²) in [6, 6.07) is 2.88. The SMILES string of the molecule is CC(C)C(C)Nc1ccc(C(N)=S)c(F)c1F. The van der Waals surface area contributed by atoms with Crippen LogP contribution in [0, 0.1) is 17.6 Å². The van der Waals surface area contributed by atoms with E-state index in [1.165, 1.54) is 12.1 Å². The lowest BCUT2D eigenvalue weighted by Crippen LogP contribution is -2.23. The van der Waals surface area contributed by atoms with Crippen molar-refractivity contribution in [1.82, 2.24) is 0 Å². The van der Waals surface area contributed by atoms with Crippen LogP contribution in [0.4, 0.5) is 14.5 Å². The number of hydrogen-bond donors (Lipinski definition) is 2. The summed E-state index contributed by atoms with van der Waals surface area (Å²) in [4.78, 5) is -0.148. The van der Waals surface area contributed by atoms with Gasteiger partial charge in [0.2, 0.25) is 0 Å². The van der Waals surface area contributed by atoms with Crippen molar-refractivity contribution in [1.29, 1.82) is 0 Å². The van der Waals surface area contributed by atoms with Crippen LogP contribution in [0.3, 0.4) is 0 Å². The van der Waals surface area contributed by atoms with Gasteiger partial charge >= 0.3 is 0 Å². The van der Waals surface area contributed by atoms with Gasteiger partial charge in [0.15, 0.2) is 11.6 Å². The first kappa shape index (κ1) is 13.8. The minimum atomic E-state index is -1.00. The van der Waals surface area contributed by atoms with Gasteiger partial charge in [0.1, 0.15) is 4.99 Å². The highest BCUT2D eigenvalue weighted by Gasteiger charge is 2.16. The van der Waals surface area contributed by atoms with Crippen molar-refractivity contribution in [2.75, 3.05) is 5.32 Å². The molecule has 0 saturated heterocycles. The maximum absolute atomic E-state index is 13.7. The third-order valence-electron chi connectivity index (χ3n) is 2.73. The second-order valence-corrected chi connectivity index (χ2v) is 4.77. The van der Waals surface area contributed by atoms with Gasteiger partial charge in [-0.05, 0) is 25.0 Å². The fraction of sp³-hybridized carbons (Fsp3) is 0.417. The molecule has 0 aliphatic carbocycles. The summed E-state index contributed by atoms with van der Waals surface area (Å²) in [5.41, 5.74) is 5.35. The molecule has 0 aromatic heterocycles. The monoisotopic (exact) mass is 258 g/mol. The summed E-state index contributed by atoms with van der Waals surface area (Å²) in [6.07, 6.45) is 0. The van der Waals surface area contributed by atoms with Gasteiger partial charge < -0.3 is 11.1 Å². The highest BCUT2D eigenvalue weighted by molar-refractivity contribution is 7.80. The van der Waals surface area contributed by atoms with E-state index in [-0.39, 0.29) is 22.3 Å². The molecule has 17 heavy (non-hydrogen) atoms. The van der Waals surface area contributed by atoms with E-state index in [0.29, 0.717) is 5.92 Å². The quantitative estimate of drug-likeness (QED) is 0.815. The number of hydrogen-bond acceptors (Lipinski definition) is 2. The zero-order chi connectivity index (χ0) is 13.2. The molecule has 2 nitrogen and oxygen atoms in total. The summed E-state index contributed by atoms with van der Waals surface area (Å²) in [7, 11) is 0. The average molecular weight is 258 g/mol. The summed E-state index contributed by atoms with van der Waals surface area (Å²) < 4.78 is 27.3. The lowest BCUT2D eigenvalue weighted by molar-refractivity contribution is 0.502. The van der Waals surface area contributed by atoms with Crippen LogP contribution >= 0.6 is 12.2 Å². The third kappa shape index (κ3) is 3.12. The van der Waals surface area contributed by atoms with Gasteiger partial charge in [0.05, 0.1) is 5.69 Å². The molecule has 0 aliphatic rings. The van der Waals surface area contributed by atoms with E-state index in [1.807, 2.05) is 20.8 Å². The van der Waals surface area contributed by atoms with Crippen molar-refractivity contribution >= 4 is 22.9 Å². The van der Waals surface area contributed by atoms with Crippen LogP contribution in [-0.4, -0.2) is 11.0 Å². The molecule has 0 bridgehead atoms. The maximum atomic E-state index is 13.7. The van der Waals surface area contributed by atoms with Crippen molar-refractivity contribution in [2.24, 2.45) is 11.7 Å². The second kappa shape index (κ2) is 5.40. The highest BCUT2D eigenvalue weighted by Crippen LogP contribution is 2.22. The van der Waals surface area contributed by atoms with Gasteiger partial charge in [-0.15, -0.1) is 0 Å². The number of rotatable bonds is 4. The number of anilines is 1. The Bertz CT molecular complexity index is 433. The van der Waals surface area contributed by atoms with Crippen molar-refractivity contribution in [3.8, 4) is 0 Å². The molecule has 0 aliphatic heterocycles. The predicted molar refractivity (Wildman–Crippen MR) is 70.2 cm³/mol. The van der Waals surface area contributed by atoms with Crippen LogP contribution < -0.4 is 11.1 Å². The maximum Gasteiger partial charge on any atom is 0.182 e. The fourth-order valence-electron chi connectivity index (χ4n) is 1.26. The fourth-order valence-corrected chi connectivity index (χ4v) is 1.42. The molecule has 94 valence electrons. The predicted octanol–water partition coefficient (Wildman–Crippen LogP) is 3.06. The molecule has 1 aromatic rings. The lowest BCUT2D eigenvalue weighted by Gasteiger charge is -2.19. The highest BCUT2D eigenvalue weighted by atomic mass is 32.1. The Morgan fingerprint density at radius 2 is 1.82 bits per heavy atom. The molecule has 1 aromatic carbocycles. The van der Waals surface area contributed by atoms with Crippen molar-refractivity contribution in [2.45, 2.75) is 26.8 Å². The van der Waals surface area contributed by atoms with Crippen LogP contribution in [0.1, 0.15) is 26.3 Å². The van der Waals surface area contributed by atoms with Gasteiger partial charge in [-0.3, -0.25) is 0 Å². The Morgan fingerprint density at radius 1 is 1.24 bits per heavy atom. The second-order valence-electron chi connectivity index (χ2n) is 4.33.